The largest absolute Gasteiger partial charge is 0.493 e. The Morgan fingerprint density at radius 3 is 2.38 bits per heavy atom. The van der Waals surface area contributed by atoms with Gasteiger partial charge in [-0.15, -0.1) is 0 Å². The van der Waals surface area contributed by atoms with Crippen molar-refractivity contribution in [2.24, 2.45) is 0 Å². The van der Waals surface area contributed by atoms with Crippen molar-refractivity contribution < 1.29 is 19.1 Å². The Kier molecular flexibility index (Phi) is 7.66. The Bertz CT molecular complexity index is 1260. The van der Waals surface area contributed by atoms with Gasteiger partial charge in [0.05, 0.1) is 23.6 Å². The van der Waals surface area contributed by atoms with Gasteiger partial charge in [-0.1, -0.05) is 69.5 Å². The topological polar surface area (TPSA) is 55.8 Å². The van der Waals surface area contributed by atoms with Crippen molar-refractivity contribution in [1.29, 1.82) is 0 Å². The second kappa shape index (κ2) is 10.7. The second-order valence-electron chi connectivity index (χ2n) is 7.70. The van der Waals surface area contributed by atoms with Crippen LogP contribution in [0.25, 0.3) is 6.08 Å². The third kappa shape index (κ3) is 5.66. The number of hydrogen-bond donors (Lipinski definition) is 0. The first-order chi connectivity index (χ1) is 16.3. The van der Waals surface area contributed by atoms with Gasteiger partial charge >= 0.3 is 0 Å². The van der Waals surface area contributed by atoms with Crippen LogP contribution in [0.15, 0.2) is 70.0 Å². The van der Waals surface area contributed by atoms with E-state index in [1.807, 2.05) is 55.5 Å². The fraction of sp³-hybridized carbons (Fsp3) is 0.154. The number of carbonyl (C=O) groups excluding carboxylic acids is 2. The van der Waals surface area contributed by atoms with Crippen LogP contribution in [0.1, 0.15) is 22.3 Å². The first-order valence-corrected chi connectivity index (χ1v) is 12.4. The zero-order valence-corrected chi connectivity index (χ0v) is 21.7. The smallest absolute Gasteiger partial charge is 0.293 e. The lowest BCUT2D eigenvalue weighted by atomic mass is 10.1. The number of carbonyl (C=O) groups is 2. The number of imide groups is 1. The number of halogens is 2. The lowest BCUT2D eigenvalue weighted by molar-refractivity contribution is -0.123. The van der Waals surface area contributed by atoms with Crippen LogP contribution in [-0.2, 0) is 17.9 Å². The Balaban J connectivity index is 1.52. The molecule has 3 aromatic carbocycles. The zero-order chi connectivity index (χ0) is 24.2. The molecule has 5 nitrogen and oxygen atoms in total. The molecule has 174 valence electrons. The minimum absolute atomic E-state index is 0.231. The number of thioether (sulfide) groups is 1. The summed E-state index contributed by atoms with van der Waals surface area (Å²) in [6, 6.07) is 18.9. The van der Waals surface area contributed by atoms with E-state index in [0.29, 0.717) is 33.6 Å². The maximum Gasteiger partial charge on any atom is 0.293 e. The molecule has 3 aromatic rings. The molecule has 0 radical (unpaired) electrons. The van der Waals surface area contributed by atoms with E-state index >= 15 is 0 Å². The van der Waals surface area contributed by atoms with Crippen LogP contribution in [0, 0.1) is 6.92 Å². The first kappa shape index (κ1) is 24.4. The summed E-state index contributed by atoms with van der Waals surface area (Å²) in [5, 5.41) is 0.0472. The molecule has 0 saturated carbocycles. The number of methoxy groups -OCH3 is 1. The van der Waals surface area contributed by atoms with Gasteiger partial charge in [0.25, 0.3) is 11.1 Å². The number of hydrogen-bond acceptors (Lipinski definition) is 5. The standard InChI is InChI=1S/C26H21BrClNO4S/c1-16-3-5-17(6-4-16)14-29-25(30)23(34-26(29)31)13-19-11-21(28)24(22(12-19)32-2)33-15-18-7-9-20(27)10-8-18/h3-13H,14-15H2,1-2H3/b23-13-. The number of nitrogens with zero attached hydrogens (tertiary/aromatic N) is 1. The molecule has 0 unspecified atom stereocenters. The van der Waals surface area contributed by atoms with Gasteiger partial charge in [0.2, 0.25) is 0 Å². The van der Waals surface area contributed by atoms with Crippen LogP contribution in [0.5, 0.6) is 11.5 Å². The number of amides is 2. The van der Waals surface area contributed by atoms with E-state index in [1.165, 1.54) is 12.0 Å². The van der Waals surface area contributed by atoms with Gasteiger partial charge in [-0.25, -0.2) is 0 Å². The van der Waals surface area contributed by atoms with Gasteiger partial charge in [0.15, 0.2) is 11.5 Å². The summed E-state index contributed by atoms with van der Waals surface area (Å²) in [6.07, 6.45) is 1.65. The average molecular weight is 559 g/mol. The molecule has 1 heterocycles. The molecule has 0 N–H and O–H groups in total. The molecule has 0 atom stereocenters. The molecular formula is C26H21BrClNO4S. The molecular weight excluding hydrogens is 538 g/mol. The van der Waals surface area contributed by atoms with Crippen molar-refractivity contribution in [1.82, 2.24) is 4.90 Å². The van der Waals surface area contributed by atoms with Gasteiger partial charge < -0.3 is 9.47 Å². The molecule has 1 aliphatic heterocycles. The van der Waals surface area contributed by atoms with E-state index < -0.39 is 0 Å². The van der Waals surface area contributed by atoms with E-state index in [0.717, 1.165) is 32.9 Å². The molecule has 0 bridgehead atoms. The van der Waals surface area contributed by atoms with Crippen LogP contribution < -0.4 is 9.47 Å². The third-order valence-electron chi connectivity index (χ3n) is 5.18. The SMILES string of the molecule is COc1cc(/C=C2\SC(=O)N(Cc3ccc(C)cc3)C2=O)cc(Cl)c1OCc1ccc(Br)cc1. The third-order valence-corrected chi connectivity index (χ3v) is 6.90. The molecule has 1 saturated heterocycles. The molecule has 0 aromatic heterocycles. The molecule has 0 spiro atoms. The van der Waals surface area contributed by atoms with Gasteiger partial charge in [-0.3, -0.25) is 14.5 Å². The van der Waals surface area contributed by atoms with Gasteiger partial charge in [0, 0.05) is 4.47 Å². The Labute approximate surface area is 215 Å². The van der Waals surface area contributed by atoms with Crippen LogP contribution in [0.2, 0.25) is 5.02 Å². The highest BCUT2D eigenvalue weighted by atomic mass is 79.9. The Hall–Kier alpha value is -2.74. The van der Waals surface area contributed by atoms with Crippen LogP contribution in [0.3, 0.4) is 0 Å². The molecule has 34 heavy (non-hydrogen) atoms. The molecule has 2 amide bonds. The van der Waals surface area contributed by atoms with Gasteiger partial charge in [-0.05, 0) is 65.7 Å². The number of rotatable bonds is 7. The van der Waals surface area contributed by atoms with E-state index in [9.17, 15) is 9.59 Å². The van der Waals surface area contributed by atoms with E-state index in [-0.39, 0.29) is 17.7 Å². The fourth-order valence-corrected chi connectivity index (χ4v) is 4.74. The minimum Gasteiger partial charge on any atom is -0.493 e. The van der Waals surface area contributed by atoms with E-state index in [2.05, 4.69) is 15.9 Å². The van der Waals surface area contributed by atoms with Gasteiger partial charge in [0.1, 0.15) is 6.61 Å². The normalized spacial score (nSPS) is 14.7. The second-order valence-corrected chi connectivity index (χ2v) is 10.0. The van der Waals surface area contributed by atoms with Crippen molar-refractivity contribution in [3.05, 3.63) is 97.3 Å². The molecule has 8 heteroatoms. The summed E-state index contributed by atoms with van der Waals surface area (Å²) in [5.41, 5.74) is 3.63. The summed E-state index contributed by atoms with van der Waals surface area (Å²) >= 11 is 10.8. The molecule has 1 fully saturated rings. The summed E-state index contributed by atoms with van der Waals surface area (Å²) in [6.45, 7) is 2.54. The van der Waals surface area contributed by atoms with Gasteiger partial charge in [-0.2, -0.15) is 0 Å². The van der Waals surface area contributed by atoms with Crippen LogP contribution in [-0.4, -0.2) is 23.2 Å². The monoisotopic (exact) mass is 557 g/mol. The molecule has 4 rings (SSSR count). The maximum atomic E-state index is 12.9. The van der Waals surface area contributed by atoms with Crippen molar-refractivity contribution in [3.8, 4) is 11.5 Å². The molecule has 1 aliphatic rings. The predicted octanol–water partition coefficient (Wildman–Crippen LogP) is 7.24. The Morgan fingerprint density at radius 2 is 1.71 bits per heavy atom. The minimum atomic E-state index is -0.332. The number of aryl methyl sites for hydroxylation is 1. The molecule has 0 aliphatic carbocycles. The lowest BCUT2D eigenvalue weighted by Crippen LogP contribution is -2.27. The highest BCUT2D eigenvalue weighted by molar-refractivity contribution is 9.10. The highest BCUT2D eigenvalue weighted by Gasteiger charge is 2.35. The van der Waals surface area contributed by atoms with E-state index in [4.69, 9.17) is 21.1 Å². The summed E-state index contributed by atoms with van der Waals surface area (Å²) < 4.78 is 12.4. The number of ether oxygens (including phenoxy) is 2. The first-order valence-electron chi connectivity index (χ1n) is 10.4. The van der Waals surface area contributed by atoms with E-state index in [1.54, 1.807) is 18.2 Å². The predicted molar refractivity (Wildman–Crippen MR) is 139 cm³/mol. The Morgan fingerprint density at radius 1 is 1.03 bits per heavy atom. The fourth-order valence-electron chi connectivity index (χ4n) is 3.36. The van der Waals surface area contributed by atoms with Crippen LogP contribution >= 0.6 is 39.3 Å². The van der Waals surface area contributed by atoms with Crippen molar-refractivity contribution in [3.63, 3.8) is 0 Å². The average Bonchev–Trinajstić information content (AvgIpc) is 3.07. The van der Waals surface area contributed by atoms with Crippen molar-refractivity contribution in [2.45, 2.75) is 20.1 Å². The summed E-state index contributed by atoms with van der Waals surface area (Å²) in [7, 11) is 1.53. The lowest BCUT2D eigenvalue weighted by Gasteiger charge is -2.14. The van der Waals surface area contributed by atoms with Crippen molar-refractivity contribution in [2.75, 3.05) is 7.11 Å². The summed E-state index contributed by atoms with van der Waals surface area (Å²) in [4.78, 5) is 27.0. The zero-order valence-electron chi connectivity index (χ0n) is 18.5. The van der Waals surface area contributed by atoms with Crippen molar-refractivity contribution >= 4 is 56.5 Å². The summed E-state index contributed by atoms with van der Waals surface area (Å²) in [5.74, 6) is 0.521. The maximum absolute atomic E-state index is 12.9. The number of benzene rings is 3. The highest BCUT2D eigenvalue weighted by Crippen LogP contribution is 2.39. The quantitative estimate of drug-likeness (QED) is 0.286. The van der Waals surface area contributed by atoms with Crippen LogP contribution in [0.4, 0.5) is 4.79 Å².